The molecule has 26 heteroatoms. The van der Waals surface area contributed by atoms with Gasteiger partial charge in [-0.05, 0) is 12.2 Å². The molecule has 0 aromatic heterocycles. The van der Waals surface area contributed by atoms with Crippen molar-refractivity contribution in [1.82, 2.24) is 19.6 Å². The third-order valence-corrected chi connectivity index (χ3v) is 12.6. The van der Waals surface area contributed by atoms with Gasteiger partial charge in [-0.3, -0.25) is 48.2 Å². The van der Waals surface area contributed by atoms with E-state index in [-0.39, 0.29) is 33.6 Å². The molecule has 0 radical (unpaired) electrons. The fraction of sp³-hybridized carbons (Fsp3) is 0.154. The Morgan fingerprint density at radius 1 is 0.462 bits per heavy atom. The molecular formula is C26H14N4O17S5. The van der Waals surface area contributed by atoms with Crippen LogP contribution in [0.1, 0.15) is 20.7 Å². The van der Waals surface area contributed by atoms with Crippen molar-refractivity contribution in [3.8, 4) is 0 Å². The zero-order chi connectivity index (χ0) is 38.7. The second-order valence-electron chi connectivity index (χ2n) is 10.1. The Bertz CT molecular complexity index is 1860. The van der Waals surface area contributed by atoms with E-state index < -0.39 is 123 Å². The number of fused-ring (bicyclic) bond motifs is 2. The van der Waals surface area contributed by atoms with Crippen molar-refractivity contribution in [2.45, 2.75) is 19.6 Å². The molecule has 52 heavy (non-hydrogen) atoms. The number of amides is 6. The number of aliphatic carboxylic acids is 4. The number of rotatable bonds is 10. The van der Waals surface area contributed by atoms with Crippen molar-refractivity contribution >= 4 is 130 Å². The number of carboxylic acids is 6. The first-order valence-electron chi connectivity index (χ1n) is 13.4. The fourth-order valence-electron chi connectivity index (χ4n) is 4.86. The molecule has 4 heterocycles. The lowest BCUT2D eigenvalue weighted by atomic mass is 10.1. The number of thioether (sulfide) groups is 4. The van der Waals surface area contributed by atoms with Crippen LogP contribution in [0.4, 0.5) is 4.79 Å². The smallest absolute Gasteiger partial charge is 0.338 e. The number of carbonyl (C=O) groups excluding carboxylic acids is 5. The summed E-state index contributed by atoms with van der Waals surface area (Å²) in [4.78, 5) is 137. The van der Waals surface area contributed by atoms with Gasteiger partial charge in [0, 0.05) is 19.6 Å². The van der Waals surface area contributed by atoms with Crippen LogP contribution in [-0.2, 0) is 38.4 Å². The molecule has 1 aromatic rings. The molecule has 6 amide bonds. The van der Waals surface area contributed by atoms with Crippen molar-refractivity contribution in [2.75, 3.05) is 26.2 Å². The van der Waals surface area contributed by atoms with Gasteiger partial charge in [0.15, 0.2) is 5.11 Å². The standard InChI is InChI=1S/C26H14N4O17S5/c31-5(32)1-27-17(39)11(18(40)28(25(27)47)2-6(33)34)23-49-13-9(21(43)44)15-16(10(22(45)46)14(13)50-23)52-24(51-15)12-19(41)29(3-7(35)36)26(48)30(20(12)42)4-8(37)38/h1-4H2,(H,31,32)(H,33,34)(H,35,36)(H,37,38)(H,43,44)(H,45,46). The van der Waals surface area contributed by atoms with Crippen LogP contribution >= 0.6 is 59.3 Å². The number of urea groups is 1. The number of benzene rings is 1. The van der Waals surface area contributed by atoms with Gasteiger partial charge in [0.1, 0.15) is 37.3 Å². The molecule has 0 unspecified atom stereocenters. The average Bonchev–Trinajstić information content (AvgIpc) is 3.64. The predicted molar refractivity (Wildman–Crippen MR) is 173 cm³/mol. The monoisotopic (exact) mass is 814 g/mol. The lowest BCUT2D eigenvalue weighted by Gasteiger charge is -2.35. The Morgan fingerprint density at radius 3 is 0.962 bits per heavy atom. The first kappa shape index (κ1) is 37.8. The summed E-state index contributed by atoms with van der Waals surface area (Å²) in [6, 6.07) is -1.57. The number of carboxylic acid groups (broad SMARTS) is 6. The van der Waals surface area contributed by atoms with Gasteiger partial charge in [0.25, 0.3) is 23.6 Å². The molecule has 0 aliphatic carbocycles. The molecule has 2 saturated heterocycles. The Kier molecular flexibility index (Phi) is 10.1. The SMILES string of the molecule is O=C(O)CN1C(=O)C(=C2Sc3c(c(C(=O)O)c4c(c3C(=O)O)SC(=C3C(=O)N(CC(=O)O)C(=S)N(CC(=O)O)C3=O)S4)S2)C(=O)N(CC(=O)O)C1=O. The van der Waals surface area contributed by atoms with E-state index in [1.54, 1.807) is 0 Å². The lowest BCUT2D eigenvalue weighted by Crippen LogP contribution is -2.58. The highest BCUT2D eigenvalue weighted by molar-refractivity contribution is 8.26. The molecule has 4 aliphatic heterocycles. The van der Waals surface area contributed by atoms with Gasteiger partial charge in [-0.2, -0.15) is 0 Å². The highest BCUT2D eigenvalue weighted by Crippen LogP contribution is 2.64. The van der Waals surface area contributed by atoms with Crippen LogP contribution in [0.25, 0.3) is 0 Å². The Morgan fingerprint density at radius 2 is 0.712 bits per heavy atom. The van der Waals surface area contributed by atoms with Crippen molar-refractivity contribution in [3.05, 3.63) is 30.7 Å². The van der Waals surface area contributed by atoms with E-state index in [0.29, 0.717) is 56.8 Å². The molecule has 4 aliphatic rings. The zero-order valence-corrected chi connectivity index (χ0v) is 28.9. The first-order chi connectivity index (χ1) is 24.3. The molecule has 6 N–H and O–H groups in total. The highest BCUT2D eigenvalue weighted by atomic mass is 32.2. The van der Waals surface area contributed by atoms with Crippen LogP contribution < -0.4 is 0 Å². The fourth-order valence-corrected chi connectivity index (χ4v) is 10.9. The van der Waals surface area contributed by atoms with E-state index in [4.69, 9.17) is 12.2 Å². The second kappa shape index (κ2) is 13.9. The van der Waals surface area contributed by atoms with E-state index in [1.165, 1.54) is 0 Å². The maximum atomic E-state index is 13.5. The third-order valence-electron chi connectivity index (χ3n) is 6.87. The Balaban J connectivity index is 1.69. The van der Waals surface area contributed by atoms with Crippen molar-refractivity contribution in [1.29, 1.82) is 0 Å². The Hall–Kier alpha value is -5.44. The van der Waals surface area contributed by atoms with E-state index in [2.05, 4.69) is 0 Å². The minimum absolute atomic E-state index is 0.0602. The zero-order valence-electron chi connectivity index (χ0n) is 24.8. The number of carbonyl (C=O) groups is 11. The average molecular weight is 815 g/mol. The first-order valence-corrected chi connectivity index (χ1v) is 17.1. The van der Waals surface area contributed by atoms with Gasteiger partial charge in [-0.25, -0.2) is 24.2 Å². The maximum Gasteiger partial charge on any atom is 0.338 e. The van der Waals surface area contributed by atoms with Crippen LogP contribution in [-0.4, -0.2) is 147 Å². The number of nitrogens with zero attached hydrogens (tertiary/aromatic N) is 4. The van der Waals surface area contributed by atoms with Crippen LogP contribution in [0.5, 0.6) is 0 Å². The van der Waals surface area contributed by atoms with Gasteiger partial charge in [0.2, 0.25) is 0 Å². The summed E-state index contributed by atoms with van der Waals surface area (Å²) in [5, 5.41) is 57.1. The van der Waals surface area contributed by atoms with Crippen LogP contribution in [0.2, 0.25) is 0 Å². The summed E-state index contributed by atoms with van der Waals surface area (Å²) in [7, 11) is 0. The number of hydrogen-bond acceptors (Lipinski definition) is 16. The topological polar surface area (TPSA) is 322 Å². The lowest BCUT2D eigenvalue weighted by molar-refractivity contribution is -0.147. The van der Waals surface area contributed by atoms with Crippen LogP contribution in [0, 0.1) is 0 Å². The summed E-state index contributed by atoms with van der Waals surface area (Å²) < 4.78 is -0.810. The summed E-state index contributed by atoms with van der Waals surface area (Å²) in [5.74, 6) is -15.7. The summed E-state index contributed by atoms with van der Waals surface area (Å²) in [5.41, 5.74) is -3.14. The van der Waals surface area contributed by atoms with Gasteiger partial charge < -0.3 is 30.6 Å². The van der Waals surface area contributed by atoms with Gasteiger partial charge >= 0.3 is 41.8 Å². The quantitative estimate of drug-likeness (QED) is 0.103. The molecule has 21 nitrogen and oxygen atoms in total. The highest BCUT2D eigenvalue weighted by Gasteiger charge is 2.49. The molecule has 0 spiro atoms. The number of barbiturate groups is 1. The minimum atomic E-state index is -1.73. The molecule has 1 aromatic carbocycles. The number of hydrogen-bond donors (Lipinski definition) is 6. The maximum absolute atomic E-state index is 13.5. The van der Waals surface area contributed by atoms with E-state index in [0.717, 1.165) is 0 Å². The second-order valence-corrected chi connectivity index (χ2v) is 15.1. The van der Waals surface area contributed by atoms with Crippen molar-refractivity contribution < 1.29 is 83.4 Å². The van der Waals surface area contributed by atoms with Crippen molar-refractivity contribution in [3.63, 3.8) is 0 Å². The number of thiocarbonyl (C=S) groups is 1. The van der Waals surface area contributed by atoms with Gasteiger partial charge in [-0.1, -0.05) is 47.0 Å². The normalized spacial score (nSPS) is 17.3. The Labute approximate surface area is 308 Å². The number of imide groups is 2. The predicted octanol–water partition coefficient (Wildman–Crippen LogP) is -0.0133. The van der Waals surface area contributed by atoms with Gasteiger partial charge in [0.05, 0.1) is 19.6 Å². The molecule has 5 rings (SSSR count). The molecule has 2 fully saturated rings. The van der Waals surface area contributed by atoms with Crippen LogP contribution in [0.3, 0.4) is 0 Å². The summed E-state index contributed by atoms with van der Waals surface area (Å²) in [6.45, 7) is -4.85. The van der Waals surface area contributed by atoms with E-state index in [9.17, 15) is 83.4 Å². The third kappa shape index (κ3) is 6.44. The molecule has 270 valence electrons. The summed E-state index contributed by atoms with van der Waals surface area (Å²) in [6.07, 6.45) is 0. The van der Waals surface area contributed by atoms with Gasteiger partial charge in [-0.15, -0.1) is 0 Å². The molecule has 0 saturated carbocycles. The largest absolute Gasteiger partial charge is 0.480 e. The molecular weight excluding hydrogens is 801 g/mol. The summed E-state index contributed by atoms with van der Waals surface area (Å²) >= 11 is 6.52. The number of aromatic carboxylic acids is 2. The van der Waals surface area contributed by atoms with E-state index >= 15 is 0 Å². The van der Waals surface area contributed by atoms with E-state index in [1.807, 2.05) is 0 Å². The minimum Gasteiger partial charge on any atom is -0.480 e. The molecule has 0 bridgehead atoms. The molecule has 0 atom stereocenters. The van der Waals surface area contributed by atoms with Crippen molar-refractivity contribution in [2.24, 2.45) is 0 Å². The van der Waals surface area contributed by atoms with Crippen LogP contribution in [0.15, 0.2) is 39.2 Å².